The highest BCUT2D eigenvalue weighted by atomic mass is 19.1. The fourth-order valence-electron chi connectivity index (χ4n) is 2.94. The van der Waals surface area contributed by atoms with Crippen LogP contribution in [0.15, 0.2) is 54.6 Å². The number of benzene rings is 2. The molecule has 0 spiro atoms. The van der Waals surface area contributed by atoms with Gasteiger partial charge >= 0.3 is 5.97 Å². The van der Waals surface area contributed by atoms with Crippen molar-refractivity contribution in [1.82, 2.24) is 5.32 Å². The van der Waals surface area contributed by atoms with Crippen LogP contribution >= 0.6 is 0 Å². The minimum Gasteiger partial charge on any atom is -0.481 e. The summed E-state index contributed by atoms with van der Waals surface area (Å²) < 4.78 is 13.1. The molecule has 0 radical (unpaired) electrons. The average Bonchev–Trinajstić information content (AvgIpc) is 3.38. The SMILES string of the molecule is O=C(O)C(CNC(=O)C1(c2ccc(F)cc2)CC1)c1ccccc1. The predicted octanol–water partition coefficient (Wildman–Crippen LogP) is 2.84. The van der Waals surface area contributed by atoms with Crippen molar-refractivity contribution in [2.24, 2.45) is 0 Å². The smallest absolute Gasteiger partial charge is 0.312 e. The first kappa shape index (κ1) is 16.2. The standard InChI is InChI=1S/C19H18FNO3/c20-15-8-6-14(7-9-15)19(10-11-19)18(24)21-12-16(17(22)23)13-4-2-1-3-5-13/h1-9,16H,10-12H2,(H,21,24)(H,22,23). The van der Waals surface area contributed by atoms with E-state index in [-0.39, 0.29) is 18.3 Å². The van der Waals surface area contributed by atoms with Gasteiger partial charge in [-0.2, -0.15) is 0 Å². The maximum atomic E-state index is 13.1. The van der Waals surface area contributed by atoms with Gasteiger partial charge < -0.3 is 10.4 Å². The monoisotopic (exact) mass is 327 g/mol. The van der Waals surface area contributed by atoms with E-state index in [1.165, 1.54) is 12.1 Å². The summed E-state index contributed by atoms with van der Waals surface area (Å²) >= 11 is 0. The number of amides is 1. The molecule has 0 aliphatic heterocycles. The first-order chi connectivity index (χ1) is 11.5. The highest BCUT2D eigenvalue weighted by Gasteiger charge is 2.51. The molecule has 124 valence electrons. The van der Waals surface area contributed by atoms with E-state index in [9.17, 15) is 19.1 Å². The highest BCUT2D eigenvalue weighted by molar-refractivity contribution is 5.91. The number of carbonyl (C=O) groups excluding carboxylic acids is 1. The van der Waals surface area contributed by atoms with Crippen LogP contribution in [0.4, 0.5) is 4.39 Å². The summed E-state index contributed by atoms with van der Waals surface area (Å²) in [7, 11) is 0. The van der Waals surface area contributed by atoms with Crippen molar-refractivity contribution in [3.05, 3.63) is 71.5 Å². The van der Waals surface area contributed by atoms with Gasteiger partial charge in [0.1, 0.15) is 5.82 Å². The Morgan fingerprint density at radius 2 is 1.71 bits per heavy atom. The molecule has 24 heavy (non-hydrogen) atoms. The summed E-state index contributed by atoms with van der Waals surface area (Å²) in [6, 6.07) is 14.7. The van der Waals surface area contributed by atoms with Crippen LogP contribution in [0.25, 0.3) is 0 Å². The summed E-state index contributed by atoms with van der Waals surface area (Å²) in [4.78, 5) is 24.1. The van der Waals surface area contributed by atoms with Gasteiger partial charge in [-0.1, -0.05) is 42.5 Å². The van der Waals surface area contributed by atoms with Crippen LogP contribution in [-0.4, -0.2) is 23.5 Å². The summed E-state index contributed by atoms with van der Waals surface area (Å²) in [6.07, 6.45) is 1.38. The van der Waals surface area contributed by atoms with E-state index in [1.807, 2.05) is 6.07 Å². The number of nitrogens with one attached hydrogen (secondary N) is 1. The molecule has 4 nitrogen and oxygen atoms in total. The summed E-state index contributed by atoms with van der Waals surface area (Å²) in [5, 5.41) is 12.2. The van der Waals surface area contributed by atoms with E-state index in [2.05, 4.69) is 5.32 Å². The lowest BCUT2D eigenvalue weighted by Crippen LogP contribution is -2.38. The molecule has 2 N–H and O–H groups in total. The first-order valence-electron chi connectivity index (χ1n) is 7.85. The van der Waals surface area contributed by atoms with Crippen LogP contribution in [0.1, 0.15) is 29.9 Å². The van der Waals surface area contributed by atoms with Gasteiger partial charge in [0.25, 0.3) is 0 Å². The molecule has 0 bridgehead atoms. The Labute approximate surface area is 139 Å². The van der Waals surface area contributed by atoms with Crippen LogP contribution in [0.3, 0.4) is 0 Å². The second-order valence-electron chi connectivity index (χ2n) is 6.10. The number of rotatable bonds is 6. The number of carboxylic acids is 1. The van der Waals surface area contributed by atoms with Crippen molar-refractivity contribution < 1.29 is 19.1 Å². The van der Waals surface area contributed by atoms with E-state index in [0.717, 1.165) is 5.56 Å². The number of aliphatic carboxylic acids is 1. The van der Waals surface area contributed by atoms with Gasteiger partial charge in [0.05, 0.1) is 11.3 Å². The molecule has 2 aromatic carbocycles. The lowest BCUT2D eigenvalue weighted by Gasteiger charge is -2.19. The number of halogens is 1. The highest BCUT2D eigenvalue weighted by Crippen LogP contribution is 2.48. The summed E-state index contributed by atoms with van der Waals surface area (Å²) in [5.74, 6) is -2.31. The van der Waals surface area contributed by atoms with Crippen LogP contribution in [-0.2, 0) is 15.0 Å². The Balaban J connectivity index is 1.70. The first-order valence-corrected chi connectivity index (χ1v) is 7.85. The predicted molar refractivity (Wildman–Crippen MR) is 87.1 cm³/mol. The van der Waals surface area contributed by atoms with E-state index < -0.39 is 17.3 Å². The Bertz CT molecular complexity index is 739. The van der Waals surface area contributed by atoms with Crippen LogP contribution in [0.5, 0.6) is 0 Å². The molecule has 0 saturated heterocycles. The minimum absolute atomic E-state index is 0.0289. The van der Waals surface area contributed by atoms with Gasteiger partial charge in [0, 0.05) is 6.54 Å². The van der Waals surface area contributed by atoms with Crippen molar-refractivity contribution in [3.63, 3.8) is 0 Å². The zero-order chi connectivity index (χ0) is 17.2. The fourth-order valence-corrected chi connectivity index (χ4v) is 2.94. The van der Waals surface area contributed by atoms with Gasteiger partial charge in [-0.15, -0.1) is 0 Å². The number of hydrogen-bond donors (Lipinski definition) is 2. The van der Waals surface area contributed by atoms with E-state index >= 15 is 0 Å². The van der Waals surface area contributed by atoms with Gasteiger partial charge in [0.15, 0.2) is 0 Å². The zero-order valence-electron chi connectivity index (χ0n) is 13.0. The minimum atomic E-state index is -0.979. The molecular weight excluding hydrogens is 309 g/mol. The molecule has 1 aliphatic carbocycles. The Hall–Kier alpha value is -2.69. The van der Waals surface area contributed by atoms with Crippen molar-refractivity contribution in [1.29, 1.82) is 0 Å². The van der Waals surface area contributed by atoms with Crippen molar-refractivity contribution in [2.75, 3.05) is 6.54 Å². The zero-order valence-corrected chi connectivity index (χ0v) is 13.0. The normalized spacial score (nSPS) is 16.2. The lowest BCUT2D eigenvalue weighted by atomic mass is 9.94. The number of hydrogen-bond acceptors (Lipinski definition) is 2. The third-order valence-corrected chi connectivity index (χ3v) is 4.55. The third kappa shape index (κ3) is 3.15. The largest absolute Gasteiger partial charge is 0.481 e. The summed E-state index contributed by atoms with van der Waals surface area (Å²) in [5.41, 5.74) is 0.776. The van der Waals surface area contributed by atoms with Gasteiger partial charge in [-0.25, -0.2) is 4.39 Å². The Morgan fingerprint density at radius 1 is 1.08 bits per heavy atom. The lowest BCUT2D eigenvalue weighted by molar-refractivity contribution is -0.138. The number of carboxylic acid groups (broad SMARTS) is 1. The molecule has 1 saturated carbocycles. The molecule has 2 aromatic rings. The second-order valence-corrected chi connectivity index (χ2v) is 6.10. The molecule has 5 heteroatoms. The van der Waals surface area contributed by atoms with E-state index in [0.29, 0.717) is 18.4 Å². The maximum Gasteiger partial charge on any atom is 0.312 e. The molecule has 1 fully saturated rings. The number of carbonyl (C=O) groups is 2. The molecule has 0 aromatic heterocycles. The summed E-state index contributed by atoms with van der Waals surface area (Å²) in [6.45, 7) is 0.0289. The van der Waals surface area contributed by atoms with Crippen LogP contribution < -0.4 is 5.32 Å². The van der Waals surface area contributed by atoms with Gasteiger partial charge in [-0.05, 0) is 36.1 Å². The third-order valence-electron chi connectivity index (χ3n) is 4.55. The van der Waals surface area contributed by atoms with Crippen molar-refractivity contribution >= 4 is 11.9 Å². The second kappa shape index (κ2) is 6.43. The fraction of sp³-hybridized carbons (Fsp3) is 0.263. The quantitative estimate of drug-likeness (QED) is 0.857. The van der Waals surface area contributed by atoms with Crippen molar-refractivity contribution in [3.8, 4) is 0 Å². The topological polar surface area (TPSA) is 66.4 Å². The van der Waals surface area contributed by atoms with Crippen molar-refractivity contribution in [2.45, 2.75) is 24.2 Å². The molecule has 1 atom stereocenters. The van der Waals surface area contributed by atoms with Gasteiger partial charge in [-0.3, -0.25) is 9.59 Å². The average molecular weight is 327 g/mol. The molecule has 1 unspecified atom stereocenters. The van der Waals surface area contributed by atoms with Crippen LogP contribution in [0.2, 0.25) is 0 Å². The van der Waals surface area contributed by atoms with E-state index in [1.54, 1.807) is 36.4 Å². The van der Waals surface area contributed by atoms with Crippen LogP contribution in [0, 0.1) is 5.82 Å². The van der Waals surface area contributed by atoms with E-state index in [4.69, 9.17) is 0 Å². The van der Waals surface area contributed by atoms with Gasteiger partial charge in [0.2, 0.25) is 5.91 Å². The molecule has 3 rings (SSSR count). The Kier molecular flexibility index (Phi) is 4.34. The molecule has 1 aliphatic rings. The molecular formula is C19H18FNO3. The Morgan fingerprint density at radius 3 is 2.25 bits per heavy atom. The maximum absolute atomic E-state index is 13.1. The molecule has 1 amide bonds. The molecule has 0 heterocycles.